The van der Waals surface area contributed by atoms with Gasteiger partial charge in [-0.3, -0.25) is 9.36 Å². The van der Waals surface area contributed by atoms with Crippen LogP contribution >= 0.6 is 27.7 Å². The van der Waals surface area contributed by atoms with Gasteiger partial charge in [0.1, 0.15) is 0 Å². The minimum Gasteiger partial charge on any atom is -0.419 e. The fourth-order valence-electron chi connectivity index (χ4n) is 3.29. The van der Waals surface area contributed by atoms with E-state index in [1.54, 1.807) is 4.57 Å². The normalized spacial score (nSPS) is 12.6. The Balaban J connectivity index is 1.69. The molecule has 6 nitrogen and oxygen atoms in total. The van der Waals surface area contributed by atoms with Crippen molar-refractivity contribution in [3.05, 3.63) is 68.7 Å². The van der Waals surface area contributed by atoms with Gasteiger partial charge in [0.15, 0.2) is 5.16 Å². The second kappa shape index (κ2) is 8.96. The van der Waals surface area contributed by atoms with E-state index >= 15 is 0 Å². The first-order chi connectivity index (χ1) is 14.8. The Morgan fingerprint density at radius 1 is 1.13 bits per heavy atom. The zero-order valence-corrected chi connectivity index (χ0v) is 20.2. The van der Waals surface area contributed by atoms with Crippen molar-refractivity contribution < 1.29 is 4.42 Å². The van der Waals surface area contributed by atoms with Crippen LogP contribution in [0.5, 0.6) is 0 Å². The van der Waals surface area contributed by atoms with Crippen molar-refractivity contribution in [2.45, 2.75) is 44.6 Å². The van der Waals surface area contributed by atoms with E-state index in [9.17, 15) is 4.79 Å². The third kappa shape index (κ3) is 4.75. The molecule has 0 saturated carbocycles. The first kappa shape index (κ1) is 21.8. The maximum atomic E-state index is 13.2. The quantitative estimate of drug-likeness (QED) is 0.238. The van der Waals surface area contributed by atoms with E-state index in [1.165, 1.54) is 11.8 Å². The SMILES string of the molecule is Cc1cccc(-c2nnc(C(C)Sc3nc4ccc(Br)cc4c(=O)n3CC(C)C)o2)c1. The fourth-order valence-corrected chi connectivity index (χ4v) is 4.60. The summed E-state index contributed by atoms with van der Waals surface area (Å²) in [5.41, 5.74) is 2.65. The summed E-state index contributed by atoms with van der Waals surface area (Å²) < 4.78 is 8.56. The Bertz CT molecular complexity index is 1300. The molecule has 1 unspecified atom stereocenters. The Hall–Kier alpha value is -2.45. The summed E-state index contributed by atoms with van der Waals surface area (Å²) in [6.45, 7) is 8.76. The van der Waals surface area contributed by atoms with Crippen LogP contribution in [0.2, 0.25) is 0 Å². The third-order valence-corrected chi connectivity index (χ3v) is 6.34. The largest absolute Gasteiger partial charge is 0.419 e. The summed E-state index contributed by atoms with van der Waals surface area (Å²) in [4.78, 5) is 18.0. The van der Waals surface area contributed by atoms with Crippen LogP contribution in [0.4, 0.5) is 0 Å². The maximum absolute atomic E-state index is 13.2. The van der Waals surface area contributed by atoms with Crippen LogP contribution in [0.1, 0.15) is 37.5 Å². The van der Waals surface area contributed by atoms with Crippen LogP contribution < -0.4 is 5.56 Å². The van der Waals surface area contributed by atoms with Gasteiger partial charge in [0.25, 0.3) is 5.56 Å². The van der Waals surface area contributed by atoms with Crippen LogP contribution in [-0.2, 0) is 6.54 Å². The lowest BCUT2D eigenvalue weighted by atomic mass is 10.1. The fraction of sp³-hybridized carbons (Fsp3) is 0.304. The number of halogens is 1. The molecule has 0 spiro atoms. The Kier molecular flexibility index (Phi) is 6.29. The zero-order valence-electron chi connectivity index (χ0n) is 17.8. The highest BCUT2D eigenvalue weighted by Gasteiger charge is 2.21. The van der Waals surface area contributed by atoms with Gasteiger partial charge < -0.3 is 4.42 Å². The highest BCUT2D eigenvalue weighted by Crippen LogP contribution is 2.35. The molecule has 4 rings (SSSR count). The van der Waals surface area contributed by atoms with E-state index in [0.717, 1.165) is 15.6 Å². The van der Waals surface area contributed by atoms with Crippen molar-refractivity contribution >= 4 is 38.6 Å². The van der Waals surface area contributed by atoms with Gasteiger partial charge in [0.2, 0.25) is 11.8 Å². The molecule has 1 atom stereocenters. The standard InChI is InChI=1S/C23H23BrN4O2S/c1-13(2)12-28-22(29)18-11-17(24)8-9-19(18)25-23(28)31-15(4)20-26-27-21(30-20)16-7-5-6-14(3)10-16/h5-11,13,15H,12H2,1-4H3. The van der Waals surface area contributed by atoms with Crippen molar-refractivity contribution in [1.82, 2.24) is 19.7 Å². The van der Waals surface area contributed by atoms with E-state index in [4.69, 9.17) is 9.40 Å². The minimum atomic E-state index is -0.163. The Labute approximate surface area is 193 Å². The lowest BCUT2D eigenvalue weighted by Gasteiger charge is -2.16. The van der Waals surface area contributed by atoms with E-state index in [1.807, 2.05) is 56.3 Å². The predicted octanol–water partition coefficient (Wildman–Crippen LogP) is 6.03. The van der Waals surface area contributed by atoms with Crippen LogP contribution in [0.15, 0.2) is 61.3 Å². The molecule has 0 aliphatic rings. The lowest BCUT2D eigenvalue weighted by Crippen LogP contribution is -2.25. The van der Waals surface area contributed by atoms with Gasteiger partial charge in [0, 0.05) is 16.6 Å². The highest BCUT2D eigenvalue weighted by molar-refractivity contribution is 9.10. The first-order valence-corrected chi connectivity index (χ1v) is 11.8. The number of fused-ring (bicyclic) bond motifs is 1. The molecule has 0 saturated heterocycles. The second-order valence-electron chi connectivity index (χ2n) is 7.94. The monoisotopic (exact) mass is 498 g/mol. The van der Waals surface area contributed by atoms with Gasteiger partial charge in [-0.25, -0.2) is 4.98 Å². The molecule has 0 radical (unpaired) electrons. The molecule has 160 valence electrons. The number of nitrogens with zero attached hydrogens (tertiary/aromatic N) is 4. The second-order valence-corrected chi connectivity index (χ2v) is 10.2. The van der Waals surface area contributed by atoms with Crippen molar-refractivity contribution in [2.24, 2.45) is 5.92 Å². The zero-order chi connectivity index (χ0) is 22.1. The molecule has 2 aromatic carbocycles. The van der Waals surface area contributed by atoms with Crippen LogP contribution in [0.25, 0.3) is 22.4 Å². The number of aryl methyl sites for hydroxylation is 1. The van der Waals surface area contributed by atoms with E-state index in [2.05, 4.69) is 40.0 Å². The Morgan fingerprint density at radius 2 is 1.94 bits per heavy atom. The first-order valence-electron chi connectivity index (χ1n) is 10.1. The van der Waals surface area contributed by atoms with Crippen molar-refractivity contribution in [3.63, 3.8) is 0 Å². The number of hydrogen-bond acceptors (Lipinski definition) is 6. The molecular weight excluding hydrogens is 476 g/mol. The molecule has 31 heavy (non-hydrogen) atoms. The minimum absolute atomic E-state index is 0.0410. The van der Waals surface area contributed by atoms with Gasteiger partial charge >= 0.3 is 0 Å². The van der Waals surface area contributed by atoms with Gasteiger partial charge in [-0.05, 0) is 50.1 Å². The van der Waals surface area contributed by atoms with Gasteiger partial charge in [-0.15, -0.1) is 10.2 Å². The number of thioether (sulfide) groups is 1. The summed E-state index contributed by atoms with van der Waals surface area (Å²) in [5, 5.41) is 9.55. The summed E-state index contributed by atoms with van der Waals surface area (Å²) in [6, 6.07) is 13.5. The summed E-state index contributed by atoms with van der Waals surface area (Å²) in [5.74, 6) is 1.29. The number of benzene rings is 2. The summed E-state index contributed by atoms with van der Waals surface area (Å²) >= 11 is 4.90. The average Bonchev–Trinajstić information content (AvgIpc) is 3.22. The number of rotatable bonds is 6. The maximum Gasteiger partial charge on any atom is 0.262 e. The molecule has 0 aliphatic carbocycles. The Morgan fingerprint density at radius 3 is 2.68 bits per heavy atom. The van der Waals surface area contributed by atoms with Crippen molar-refractivity contribution in [2.75, 3.05) is 0 Å². The van der Waals surface area contributed by atoms with Crippen LogP contribution in [-0.4, -0.2) is 19.7 Å². The molecule has 2 aromatic heterocycles. The summed E-state index contributed by atoms with van der Waals surface area (Å²) in [6.07, 6.45) is 0. The molecule has 4 aromatic rings. The number of hydrogen-bond donors (Lipinski definition) is 0. The lowest BCUT2D eigenvalue weighted by molar-refractivity contribution is 0.473. The van der Waals surface area contributed by atoms with Gasteiger partial charge in [-0.2, -0.15) is 0 Å². The van der Waals surface area contributed by atoms with Crippen LogP contribution in [0, 0.1) is 12.8 Å². The van der Waals surface area contributed by atoms with Crippen LogP contribution in [0.3, 0.4) is 0 Å². The summed E-state index contributed by atoms with van der Waals surface area (Å²) in [7, 11) is 0. The van der Waals surface area contributed by atoms with Crippen molar-refractivity contribution in [1.29, 1.82) is 0 Å². The van der Waals surface area contributed by atoms with E-state index < -0.39 is 0 Å². The molecule has 2 heterocycles. The average molecular weight is 499 g/mol. The smallest absolute Gasteiger partial charge is 0.262 e. The molecule has 0 bridgehead atoms. The molecule has 0 N–H and O–H groups in total. The molecular formula is C23H23BrN4O2S. The molecule has 8 heteroatoms. The third-order valence-electron chi connectivity index (χ3n) is 4.76. The number of aromatic nitrogens is 4. The van der Waals surface area contributed by atoms with Gasteiger partial charge in [-0.1, -0.05) is 59.2 Å². The van der Waals surface area contributed by atoms with E-state index in [0.29, 0.717) is 40.3 Å². The van der Waals surface area contributed by atoms with Gasteiger partial charge in [0.05, 0.1) is 16.2 Å². The molecule has 0 amide bonds. The molecule has 0 aliphatic heterocycles. The predicted molar refractivity (Wildman–Crippen MR) is 127 cm³/mol. The highest BCUT2D eigenvalue weighted by atomic mass is 79.9. The van der Waals surface area contributed by atoms with Crippen molar-refractivity contribution in [3.8, 4) is 11.5 Å². The van der Waals surface area contributed by atoms with E-state index in [-0.39, 0.29) is 10.8 Å². The topological polar surface area (TPSA) is 73.8 Å². The molecule has 0 fully saturated rings.